The molecule has 20 heavy (non-hydrogen) atoms. The van der Waals surface area contributed by atoms with Gasteiger partial charge in [-0.25, -0.2) is 4.98 Å². The molecule has 5 nitrogen and oxygen atoms in total. The predicted molar refractivity (Wildman–Crippen MR) is 81.9 cm³/mol. The monoisotopic (exact) mass is 275 g/mol. The van der Waals surface area contributed by atoms with Crippen LogP contribution in [0.2, 0.25) is 0 Å². The lowest BCUT2D eigenvalue weighted by atomic mass is 10.1. The van der Waals surface area contributed by atoms with Crippen LogP contribution < -0.4 is 19.7 Å². The van der Waals surface area contributed by atoms with Crippen LogP contribution in [0, 0.1) is 0 Å². The van der Waals surface area contributed by atoms with Crippen LogP contribution >= 0.6 is 0 Å². The lowest BCUT2D eigenvalue weighted by Gasteiger charge is -2.19. The van der Waals surface area contributed by atoms with E-state index in [9.17, 15) is 0 Å². The van der Waals surface area contributed by atoms with Crippen LogP contribution in [0.5, 0.6) is 11.5 Å². The molecule has 0 aliphatic heterocycles. The van der Waals surface area contributed by atoms with Gasteiger partial charge in [-0.3, -0.25) is 0 Å². The Hall–Kier alpha value is -2.01. The number of hydrogen-bond donors (Lipinski definition) is 1. The first-order valence-corrected chi connectivity index (χ1v) is 6.49. The van der Waals surface area contributed by atoms with E-state index in [1.807, 2.05) is 33.3 Å². The zero-order valence-electron chi connectivity index (χ0n) is 12.7. The second kappa shape index (κ2) is 5.96. The summed E-state index contributed by atoms with van der Waals surface area (Å²) in [6.45, 7) is 0.706. The maximum Gasteiger partial charge on any atom is 0.145 e. The summed E-state index contributed by atoms with van der Waals surface area (Å²) in [4.78, 5) is 6.75. The van der Waals surface area contributed by atoms with Gasteiger partial charge in [0.1, 0.15) is 17.0 Å². The number of hydrogen-bond acceptors (Lipinski definition) is 5. The van der Waals surface area contributed by atoms with Gasteiger partial charge < -0.3 is 19.7 Å². The topological polar surface area (TPSA) is 46.6 Å². The summed E-state index contributed by atoms with van der Waals surface area (Å²) in [5, 5.41) is 4.10. The number of aromatic nitrogens is 1. The lowest BCUT2D eigenvalue weighted by molar-refractivity contribution is 0.409. The lowest BCUT2D eigenvalue weighted by Crippen LogP contribution is -2.13. The molecule has 2 rings (SSSR count). The van der Waals surface area contributed by atoms with Crippen LogP contribution in [-0.2, 0) is 6.54 Å². The van der Waals surface area contributed by atoms with E-state index >= 15 is 0 Å². The highest BCUT2D eigenvalue weighted by Crippen LogP contribution is 2.38. The molecule has 0 aliphatic rings. The van der Waals surface area contributed by atoms with E-state index in [2.05, 4.69) is 16.3 Å². The van der Waals surface area contributed by atoms with Gasteiger partial charge in [0.05, 0.1) is 31.0 Å². The highest BCUT2D eigenvalue weighted by Gasteiger charge is 2.15. The molecule has 5 heteroatoms. The highest BCUT2D eigenvalue weighted by atomic mass is 16.5. The standard InChI is InChI=1S/C15H21N3O2/c1-16-9-10-8-11(18(2)3)14-12(19-4)6-7-13(20-5)15(14)17-10/h6-8,16H,9H2,1-5H3. The van der Waals surface area contributed by atoms with Gasteiger partial charge in [-0.2, -0.15) is 0 Å². The number of nitrogens with one attached hydrogen (secondary N) is 1. The third-order valence-corrected chi connectivity index (χ3v) is 3.20. The SMILES string of the molecule is CNCc1cc(N(C)C)c2c(OC)ccc(OC)c2n1. The molecule has 0 spiro atoms. The Morgan fingerprint density at radius 2 is 1.80 bits per heavy atom. The number of pyridine rings is 1. The van der Waals surface area contributed by atoms with E-state index in [1.165, 1.54) is 0 Å². The molecule has 0 amide bonds. The predicted octanol–water partition coefficient (Wildman–Crippen LogP) is 2.04. The molecule has 1 heterocycles. The minimum Gasteiger partial charge on any atom is -0.496 e. The summed E-state index contributed by atoms with van der Waals surface area (Å²) >= 11 is 0. The van der Waals surface area contributed by atoms with Gasteiger partial charge in [-0.05, 0) is 25.2 Å². The summed E-state index contributed by atoms with van der Waals surface area (Å²) in [5.41, 5.74) is 2.86. The van der Waals surface area contributed by atoms with Crippen LogP contribution in [0.25, 0.3) is 10.9 Å². The van der Waals surface area contributed by atoms with Crippen molar-refractivity contribution in [2.75, 3.05) is 40.3 Å². The van der Waals surface area contributed by atoms with Crippen LogP contribution in [-0.4, -0.2) is 40.3 Å². The van der Waals surface area contributed by atoms with Crippen molar-refractivity contribution < 1.29 is 9.47 Å². The third-order valence-electron chi connectivity index (χ3n) is 3.20. The van der Waals surface area contributed by atoms with E-state index < -0.39 is 0 Å². The van der Waals surface area contributed by atoms with Gasteiger partial charge in [-0.1, -0.05) is 0 Å². The zero-order valence-corrected chi connectivity index (χ0v) is 12.7. The number of benzene rings is 1. The average molecular weight is 275 g/mol. The molecule has 0 saturated heterocycles. The van der Waals surface area contributed by atoms with Crippen molar-refractivity contribution in [3.05, 3.63) is 23.9 Å². The van der Waals surface area contributed by atoms with Crippen LogP contribution in [0.1, 0.15) is 5.69 Å². The first-order chi connectivity index (χ1) is 9.62. The summed E-state index contributed by atoms with van der Waals surface area (Å²) in [7, 11) is 9.25. The van der Waals surface area contributed by atoms with Gasteiger partial charge in [0.15, 0.2) is 0 Å². The van der Waals surface area contributed by atoms with Crippen LogP contribution in [0.4, 0.5) is 5.69 Å². The minimum absolute atomic E-state index is 0.706. The Kier molecular flexibility index (Phi) is 4.29. The normalized spacial score (nSPS) is 10.7. The van der Waals surface area contributed by atoms with Crippen molar-refractivity contribution in [1.82, 2.24) is 10.3 Å². The molecule has 0 bridgehead atoms. The smallest absolute Gasteiger partial charge is 0.145 e. The fourth-order valence-corrected chi connectivity index (χ4v) is 2.28. The third kappa shape index (κ3) is 2.49. The molecular weight excluding hydrogens is 254 g/mol. The summed E-state index contributed by atoms with van der Waals surface area (Å²) < 4.78 is 10.9. The summed E-state index contributed by atoms with van der Waals surface area (Å²) in [5.74, 6) is 1.55. The Labute approximate surface area is 119 Å². The molecular formula is C15H21N3O2. The molecule has 108 valence electrons. The van der Waals surface area contributed by atoms with Crippen molar-refractivity contribution in [1.29, 1.82) is 0 Å². The summed E-state index contributed by atoms with van der Waals surface area (Å²) in [6.07, 6.45) is 0. The number of methoxy groups -OCH3 is 2. The number of fused-ring (bicyclic) bond motifs is 1. The molecule has 0 saturated carbocycles. The molecule has 0 fully saturated rings. The van der Waals surface area contributed by atoms with Gasteiger partial charge in [-0.15, -0.1) is 0 Å². The minimum atomic E-state index is 0.706. The van der Waals surface area contributed by atoms with Crippen molar-refractivity contribution in [2.24, 2.45) is 0 Å². The summed E-state index contributed by atoms with van der Waals surface area (Å²) in [6, 6.07) is 5.87. The Morgan fingerprint density at radius 1 is 1.15 bits per heavy atom. The maximum atomic E-state index is 5.48. The molecule has 1 aromatic carbocycles. The second-order valence-electron chi connectivity index (χ2n) is 4.75. The van der Waals surface area contributed by atoms with E-state index in [1.54, 1.807) is 14.2 Å². The molecule has 0 aliphatic carbocycles. The molecule has 0 atom stereocenters. The first kappa shape index (κ1) is 14.4. The Balaban J connectivity index is 2.83. The van der Waals surface area contributed by atoms with Crippen molar-refractivity contribution in [2.45, 2.75) is 6.54 Å². The molecule has 1 aromatic heterocycles. The fraction of sp³-hybridized carbons (Fsp3) is 0.400. The van der Waals surface area contributed by atoms with Crippen LogP contribution in [0.3, 0.4) is 0 Å². The van der Waals surface area contributed by atoms with Gasteiger partial charge in [0.2, 0.25) is 0 Å². The van der Waals surface area contributed by atoms with Crippen molar-refractivity contribution in [3.8, 4) is 11.5 Å². The molecule has 1 N–H and O–H groups in total. The Bertz CT molecular complexity index is 612. The number of rotatable bonds is 5. The van der Waals surface area contributed by atoms with E-state index in [0.717, 1.165) is 33.8 Å². The fourth-order valence-electron chi connectivity index (χ4n) is 2.28. The van der Waals surface area contributed by atoms with Crippen molar-refractivity contribution in [3.63, 3.8) is 0 Å². The maximum absolute atomic E-state index is 5.48. The molecule has 2 aromatic rings. The largest absolute Gasteiger partial charge is 0.496 e. The van der Waals surface area contributed by atoms with Crippen molar-refractivity contribution >= 4 is 16.6 Å². The Morgan fingerprint density at radius 3 is 2.35 bits per heavy atom. The van der Waals surface area contributed by atoms with E-state index in [4.69, 9.17) is 14.5 Å². The van der Waals surface area contributed by atoms with Crippen LogP contribution in [0.15, 0.2) is 18.2 Å². The molecule has 0 radical (unpaired) electrons. The first-order valence-electron chi connectivity index (χ1n) is 6.49. The zero-order chi connectivity index (χ0) is 14.7. The average Bonchev–Trinajstić information content (AvgIpc) is 2.45. The number of nitrogens with zero attached hydrogens (tertiary/aromatic N) is 2. The van der Waals surface area contributed by atoms with Gasteiger partial charge in [0, 0.05) is 20.6 Å². The number of ether oxygens (including phenoxy) is 2. The van der Waals surface area contributed by atoms with Gasteiger partial charge in [0.25, 0.3) is 0 Å². The van der Waals surface area contributed by atoms with Gasteiger partial charge >= 0.3 is 0 Å². The molecule has 0 unspecified atom stereocenters. The highest BCUT2D eigenvalue weighted by molar-refractivity contribution is 6.00. The van der Waals surface area contributed by atoms with E-state index in [0.29, 0.717) is 6.54 Å². The van der Waals surface area contributed by atoms with E-state index in [-0.39, 0.29) is 0 Å². The number of anilines is 1. The second-order valence-corrected chi connectivity index (χ2v) is 4.75. The quantitative estimate of drug-likeness (QED) is 0.905.